The molecule has 190 valence electrons. The number of halogens is 2. The minimum atomic E-state index is -0.306. The summed E-state index contributed by atoms with van der Waals surface area (Å²) >= 11 is 14.9. The predicted molar refractivity (Wildman–Crippen MR) is 154 cm³/mol. The largest absolute Gasteiger partial charge is 0.272 e. The number of carbonyl (C=O) groups is 1. The van der Waals surface area contributed by atoms with Gasteiger partial charge in [0.2, 0.25) is 0 Å². The van der Waals surface area contributed by atoms with Crippen LogP contribution in [0.3, 0.4) is 0 Å². The Labute approximate surface area is 232 Å². The Morgan fingerprint density at radius 3 is 2.65 bits per heavy atom. The van der Waals surface area contributed by atoms with E-state index < -0.39 is 0 Å². The molecule has 0 aliphatic heterocycles. The topological polar surface area (TPSA) is 76.3 Å². The lowest BCUT2D eigenvalue weighted by molar-refractivity contribution is -0.118. The maximum Gasteiger partial charge on any atom is 0.267 e. The Hall–Kier alpha value is -2.65. The molecule has 4 aromatic rings. The van der Waals surface area contributed by atoms with Gasteiger partial charge in [0.05, 0.1) is 32.6 Å². The number of aryl methyl sites for hydroxylation is 3. The molecular formula is C27H24Cl2N4O2S2. The van der Waals surface area contributed by atoms with Gasteiger partial charge in [0.1, 0.15) is 4.83 Å². The van der Waals surface area contributed by atoms with Crippen LogP contribution in [-0.4, -0.2) is 26.9 Å². The molecule has 5 rings (SSSR count). The summed E-state index contributed by atoms with van der Waals surface area (Å²) in [6, 6.07) is 12.9. The lowest BCUT2D eigenvalue weighted by Gasteiger charge is -2.13. The molecule has 1 amide bonds. The summed E-state index contributed by atoms with van der Waals surface area (Å²) in [7, 11) is 0. The Balaban J connectivity index is 1.43. The number of hydrogen-bond donors (Lipinski definition) is 1. The van der Waals surface area contributed by atoms with Crippen LogP contribution in [0, 0.1) is 6.92 Å². The number of hydrogen-bond acceptors (Lipinski definition) is 6. The number of amides is 1. The number of nitrogens with zero attached hydrogens (tertiary/aromatic N) is 3. The van der Waals surface area contributed by atoms with Gasteiger partial charge in [-0.3, -0.25) is 14.2 Å². The van der Waals surface area contributed by atoms with Gasteiger partial charge in [0, 0.05) is 4.88 Å². The van der Waals surface area contributed by atoms with Crippen LogP contribution in [0.5, 0.6) is 0 Å². The number of hydrazone groups is 1. The highest BCUT2D eigenvalue weighted by Gasteiger charge is 2.23. The first kappa shape index (κ1) is 26.0. The van der Waals surface area contributed by atoms with Crippen molar-refractivity contribution in [3.8, 4) is 5.69 Å². The second-order valence-corrected chi connectivity index (χ2v) is 11.8. The number of thioether (sulfide) groups is 1. The quantitative estimate of drug-likeness (QED) is 0.123. The summed E-state index contributed by atoms with van der Waals surface area (Å²) in [5.74, 6) is -0.257. The molecular weight excluding hydrogens is 547 g/mol. The van der Waals surface area contributed by atoms with Gasteiger partial charge in [0.25, 0.3) is 11.5 Å². The number of fused-ring (bicyclic) bond motifs is 3. The van der Waals surface area contributed by atoms with E-state index in [0.29, 0.717) is 20.9 Å². The van der Waals surface area contributed by atoms with Crippen molar-refractivity contribution < 1.29 is 4.79 Å². The maximum absolute atomic E-state index is 13.8. The predicted octanol–water partition coefficient (Wildman–Crippen LogP) is 6.57. The normalized spacial score (nSPS) is 13.6. The molecule has 0 saturated heterocycles. The van der Waals surface area contributed by atoms with E-state index in [1.807, 2.05) is 31.2 Å². The van der Waals surface area contributed by atoms with Crippen molar-refractivity contribution in [2.75, 3.05) is 5.75 Å². The van der Waals surface area contributed by atoms with Crippen LogP contribution in [0.2, 0.25) is 10.0 Å². The second kappa shape index (κ2) is 11.0. The van der Waals surface area contributed by atoms with Crippen molar-refractivity contribution >= 4 is 68.1 Å². The van der Waals surface area contributed by atoms with E-state index in [0.717, 1.165) is 58.3 Å². The zero-order valence-corrected chi connectivity index (χ0v) is 23.5. The highest BCUT2D eigenvalue weighted by Crippen LogP contribution is 2.35. The van der Waals surface area contributed by atoms with Crippen LogP contribution < -0.4 is 11.0 Å². The first-order valence-corrected chi connectivity index (χ1v) is 14.4. The summed E-state index contributed by atoms with van der Waals surface area (Å²) in [5, 5.41) is 6.27. The number of benzene rings is 2. The van der Waals surface area contributed by atoms with Crippen LogP contribution in [0.25, 0.3) is 15.9 Å². The average molecular weight is 572 g/mol. The van der Waals surface area contributed by atoms with Gasteiger partial charge in [-0.15, -0.1) is 11.3 Å². The lowest BCUT2D eigenvalue weighted by atomic mass is 9.97. The summed E-state index contributed by atoms with van der Waals surface area (Å²) in [6.45, 7) is 3.78. The molecule has 1 N–H and O–H groups in total. The molecule has 2 aromatic heterocycles. The van der Waals surface area contributed by atoms with E-state index in [1.54, 1.807) is 41.0 Å². The third kappa shape index (κ3) is 5.48. The maximum atomic E-state index is 13.8. The number of nitrogens with one attached hydrogen (secondary N) is 1. The van der Waals surface area contributed by atoms with Crippen molar-refractivity contribution in [1.82, 2.24) is 15.0 Å². The van der Waals surface area contributed by atoms with E-state index in [4.69, 9.17) is 28.2 Å². The highest BCUT2D eigenvalue weighted by molar-refractivity contribution is 7.99. The first-order chi connectivity index (χ1) is 17.8. The second-order valence-electron chi connectivity index (χ2n) is 8.91. The van der Waals surface area contributed by atoms with Gasteiger partial charge < -0.3 is 0 Å². The minimum Gasteiger partial charge on any atom is -0.272 e. The number of thiophene rings is 1. The zero-order valence-electron chi connectivity index (χ0n) is 20.3. The molecule has 0 atom stereocenters. The summed E-state index contributed by atoms with van der Waals surface area (Å²) in [4.78, 5) is 33.4. The van der Waals surface area contributed by atoms with Crippen molar-refractivity contribution in [1.29, 1.82) is 0 Å². The first-order valence-electron chi connectivity index (χ1n) is 11.9. The SMILES string of the molecule is C/C(=N/NC(=O)CSc1nc2sc3c(c2c(=O)n1-c1ccc(C)cc1)CCCC3)c1ccc(Cl)c(Cl)c1. The Morgan fingerprint density at radius 1 is 1.14 bits per heavy atom. The molecule has 37 heavy (non-hydrogen) atoms. The van der Waals surface area contributed by atoms with Crippen LogP contribution in [0.1, 0.15) is 41.3 Å². The molecule has 6 nitrogen and oxygen atoms in total. The zero-order chi connectivity index (χ0) is 26.1. The van der Waals surface area contributed by atoms with Crippen molar-refractivity contribution in [3.05, 3.63) is 84.4 Å². The van der Waals surface area contributed by atoms with E-state index in [1.165, 1.54) is 16.6 Å². The number of rotatable bonds is 6. The van der Waals surface area contributed by atoms with E-state index in [9.17, 15) is 9.59 Å². The average Bonchev–Trinajstić information content (AvgIpc) is 3.27. The van der Waals surface area contributed by atoms with Crippen molar-refractivity contribution in [2.45, 2.75) is 44.7 Å². The smallest absolute Gasteiger partial charge is 0.267 e. The van der Waals surface area contributed by atoms with Crippen molar-refractivity contribution in [2.24, 2.45) is 5.10 Å². The van der Waals surface area contributed by atoms with Crippen molar-refractivity contribution in [3.63, 3.8) is 0 Å². The molecule has 0 bridgehead atoms. The Morgan fingerprint density at radius 2 is 1.89 bits per heavy atom. The molecule has 0 saturated carbocycles. The van der Waals surface area contributed by atoms with Crippen LogP contribution >= 0.6 is 46.3 Å². The molecule has 10 heteroatoms. The van der Waals surface area contributed by atoms with E-state index in [2.05, 4.69) is 10.5 Å². The van der Waals surface area contributed by atoms with Gasteiger partial charge in [0.15, 0.2) is 5.16 Å². The van der Waals surface area contributed by atoms with Gasteiger partial charge >= 0.3 is 0 Å². The van der Waals surface area contributed by atoms with Gasteiger partial charge in [-0.1, -0.05) is 58.7 Å². The third-order valence-corrected chi connectivity index (χ3v) is 9.13. The third-order valence-electron chi connectivity index (χ3n) is 6.27. The highest BCUT2D eigenvalue weighted by atomic mass is 35.5. The lowest BCUT2D eigenvalue weighted by Crippen LogP contribution is -2.24. The van der Waals surface area contributed by atoms with Crippen LogP contribution in [0.4, 0.5) is 0 Å². The Kier molecular flexibility index (Phi) is 7.72. The molecule has 1 aliphatic carbocycles. The fourth-order valence-corrected chi connectivity index (χ4v) is 6.70. The number of aromatic nitrogens is 2. The molecule has 0 spiro atoms. The van der Waals surface area contributed by atoms with Gasteiger partial charge in [-0.2, -0.15) is 5.10 Å². The standard InChI is InChI=1S/C27H24Cl2N4O2S2/c1-15-7-10-18(11-8-15)33-26(35)24-19-5-3-4-6-22(19)37-25(24)30-27(33)36-14-23(34)32-31-16(2)17-9-12-20(28)21(29)13-17/h7-13H,3-6,14H2,1-2H3,(H,32,34)/b31-16-. The number of carbonyl (C=O) groups excluding carboxylic acids is 1. The summed E-state index contributed by atoms with van der Waals surface area (Å²) < 4.78 is 1.63. The monoisotopic (exact) mass is 570 g/mol. The summed E-state index contributed by atoms with van der Waals surface area (Å²) in [6.07, 6.45) is 4.12. The molecule has 2 heterocycles. The van der Waals surface area contributed by atoms with E-state index >= 15 is 0 Å². The minimum absolute atomic E-state index is 0.0487. The molecule has 0 unspecified atom stereocenters. The molecule has 0 radical (unpaired) electrons. The van der Waals surface area contributed by atoms with Gasteiger partial charge in [-0.05, 0) is 74.9 Å². The Bertz CT molecular complexity index is 1590. The fourth-order valence-electron chi connectivity index (χ4n) is 4.30. The molecule has 0 fully saturated rings. The summed E-state index contributed by atoms with van der Waals surface area (Å²) in [5.41, 5.74) is 6.83. The molecule has 2 aromatic carbocycles. The fraction of sp³-hybridized carbons (Fsp3) is 0.259. The van der Waals surface area contributed by atoms with Crippen LogP contribution in [0.15, 0.2) is 57.5 Å². The van der Waals surface area contributed by atoms with Gasteiger partial charge in [-0.25, -0.2) is 10.4 Å². The van der Waals surface area contributed by atoms with E-state index in [-0.39, 0.29) is 17.2 Å². The van der Waals surface area contributed by atoms with Crippen LogP contribution in [-0.2, 0) is 17.6 Å². The molecule has 1 aliphatic rings.